The molecule has 14 heavy (non-hydrogen) atoms. The van der Waals surface area contributed by atoms with Gasteiger partial charge in [-0.2, -0.15) is 0 Å². The SMILES string of the molecule is CC(C)C(C)OC(=O)C(C)C1CNC1. The molecule has 1 fully saturated rings. The summed E-state index contributed by atoms with van der Waals surface area (Å²) in [7, 11) is 0. The lowest BCUT2D eigenvalue weighted by Gasteiger charge is -2.32. The second-order valence-electron chi connectivity index (χ2n) is 4.59. The number of carbonyl (C=O) groups is 1. The van der Waals surface area contributed by atoms with Crippen LogP contribution >= 0.6 is 0 Å². The van der Waals surface area contributed by atoms with Crippen molar-refractivity contribution in [3.05, 3.63) is 0 Å². The largest absolute Gasteiger partial charge is 0.462 e. The van der Waals surface area contributed by atoms with Crippen LogP contribution in [-0.4, -0.2) is 25.2 Å². The van der Waals surface area contributed by atoms with Crippen LogP contribution in [-0.2, 0) is 9.53 Å². The Morgan fingerprint density at radius 2 is 1.86 bits per heavy atom. The van der Waals surface area contributed by atoms with E-state index in [4.69, 9.17) is 4.74 Å². The van der Waals surface area contributed by atoms with E-state index >= 15 is 0 Å². The molecule has 0 amide bonds. The summed E-state index contributed by atoms with van der Waals surface area (Å²) in [6, 6.07) is 0. The number of rotatable bonds is 4. The second kappa shape index (κ2) is 4.78. The van der Waals surface area contributed by atoms with Gasteiger partial charge in [0.1, 0.15) is 6.10 Å². The maximum absolute atomic E-state index is 11.6. The molecule has 1 N–H and O–H groups in total. The molecule has 3 nitrogen and oxygen atoms in total. The van der Waals surface area contributed by atoms with Gasteiger partial charge in [-0.05, 0) is 31.8 Å². The lowest BCUT2D eigenvalue weighted by molar-refractivity contribution is -0.157. The van der Waals surface area contributed by atoms with Gasteiger partial charge in [0.05, 0.1) is 5.92 Å². The molecule has 1 saturated heterocycles. The van der Waals surface area contributed by atoms with E-state index in [0.717, 1.165) is 13.1 Å². The van der Waals surface area contributed by atoms with Crippen molar-refractivity contribution < 1.29 is 9.53 Å². The van der Waals surface area contributed by atoms with Crippen molar-refractivity contribution in [1.82, 2.24) is 5.32 Å². The molecule has 82 valence electrons. The third-order valence-corrected chi connectivity index (χ3v) is 3.13. The highest BCUT2D eigenvalue weighted by atomic mass is 16.5. The summed E-state index contributed by atoms with van der Waals surface area (Å²) in [5, 5.41) is 3.17. The maximum atomic E-state index is 11.6. The summed E-state index contributed by atoms with van der Waals surface area (Å²) in [5.41, 5.74) is 0. The molecule has 0 aromatic carbocycles. The van der Waals surface area contributed by atoms with E-state index in [0.29, 0.717) is 11.8 Å². The lowest BCUT2D eigenvalue weighted by Crippen LogP contribution is -2.48. The quantitative estimate of drug-likeness (QED) is 0.696. The zero-order valence-electron chi connectivity index (χ0n) is 9.54. The Labute approximate surface area is 86.2 Å². The van der Waals surface area contributed by atoms with E-state index in [9.17, 15) is 4.79 Å². The summed E-state index contributed by atoms with van der Waals surface area (Å²) >= 11 is 0. The van der Waals surface area contributed by atoms with Crippen molar-refractivity contribution in [3.63, 3.8) is 0 Å². The molecule has 1 heterocycles. The van der Waals surface area contributed by atoms with Crippen LogP contribution < -0.4 is 5.32 Å². The normalized spacial score (nSPS) is 21.5. The molecule has 1 aliphatic heterocycles. The highest BCUT2D eigenvalue weighted by Crippen LogP contribution is 2.19. The highest BCUT2D eigenvalue weighted by molar-refractivity contribution is 5.72. The standard InChI is InChI=1S/C11H21NO2/c1-7(2)9(4)14-11(13)8(3)10-5-12-6-10/h7-10,12H,5-6H2,1-4H3. The average Bonchev–Trinajstić information content (AvgIpc) is 2.00. The molecule has 0 bridgehead atoms. The number of esters is 1. The predicted molar refractivity (Wildman–Crippen MR) is 55.9 cm³/mol. The van der Waals surface area contributed by atoms with Gasteiger partial charge >= 0.3 is 5.97 Å². The molecule has 0 aliphatic carbocycles. The van der Waals surface area contributed by atoms with Gasteiger partial charge in [0.2, 0.25) is 0 Å². The second-order valence-corrected chi connectivity index (χ2v) is 4.59. The van der Waals surface area contributed by atoms with Crippen molar-refractivity contribution in [1.29, 1.82) is 0 Å². The number of nitrogens with one attached hydrogen (secondary N) is 1. The first-order valence-corrected chi connectivity index (χ1v) is 5.43. The third kappa shape index (κ3) is 2.71. The average molecular weight is 199 g/mol. The zero-order valence-corrected chi connectivity index (χ0v) is 9.54. The molecule has 0 radical (unpaired) electrons. The summed E-state index contributed by atoms with van der Waals surface area (Å²) in [6.45, 7) is 9.94. The molecule has 0 saturated carbocycles. The molecule has 1 rings (SSSR count). The molecule has 3 heteroatoms. The zero-order chi connectivity index (χ0) is 10.7. The van der Waals surface area contributed by atoms with Crippen LogP contribution in [0.25, 0.3) is 0 Å². The topological polar surface area (TPSA) is 38.3 Å². The number of ether oxygens (including phenoxy) is 1. The molecule has 0 spiro atoms. The molecule has 0 aromatic heterocycles. The Bertz CT molecular complexity index is 199. The Kier molecular flexibility index (Phi) is 3.93. The Morgan fingerprint density at radius 1 is 1.29 bits per heavy atom. The van der Waals surface area contributed by atoms with Gasteiger partial charge in [-0.25, -0.2) is 0 Å². The van der Waals surface area contributed by atoms with Gasteiger partial charge in [-0.3, -0.25) is 4.79 Å². The van der Waals surface area contributed by atoms with Crippen LogP contribution in [0, 0.1) is 17.8 Å². The first-order chi connectivity index (χ1) is 6.52. The van der Waals surface area contributed by atoms with Crippen LogP contribution in [0.15, 0.2) is 0 Å². The van der Waals surface area contributed by atoms with E-state index in [1.165, 1.54) is 0 Å². The van der Waals surface area contributed by atoms with Crippen LogP contribution in [0.2, 0.25) is 0 Å². The van der Waals surface area contributed by atoms with E-state index in [1.807, 2.05) is 13.8 Å². The minimum absolute atomic E-state index is 0.0259. The number of hydrogen-bond donors (Lipinski definition) is 1. The fourth-order valence-corrected chi connectivity index (χ4v) is 1.28. The molecule has 2 atom stereocenters. The molecule has 1 aliphatic rings. The van der Waals surface area contributed by atoms with Gasteiger partial charge < -0.3 is 10.1 Å². The molecule has 0 aromatic rings. The fourth-order valence-electron chi connectivity index (χ4n) is 1.28. The number of carbonyl (C=O) groups excluding carboxylic acids is 1. The van der Waals surface area contributed by atoms with Gasteiger partial charge in [0.15, 0.2) is 0 Å². The van der Waals surface area contributed by atoms with Crippen molar-refractivity contribution in [2.45, 2.75) is 33.8 Å². The third-order valence-electron chi connectivity index (χ3n) is 3.13. The Hall–Kier alpha value is -0.570. The molecule has 2 unspecified atom stereocenters. The Balaban J connectivity index is 2.33. The maximum Gasteiger partial charge on any atom is 0.309 e. The van der Waals surface area contributed by atoms with Crippen LogP contribution in [0.3, 0.4) is 0 Å². The smallest absolute Gasteiger partial charge is 0.309 e. The monoisotopic (exact) mass is 199 g/mol. The van der Waals surface area contributed by atoms with E-state index < -0.39 is 0 Å². The summed E-state index contributed by atoms with van der Waals surface area (Å²) in [4.78, 5) is 11.6. The van der Waals surface area contributed by atoms with Crippen molar-refractivity contribution in [3.8, 4) is 0 Å². The van der Waals surface area contributed by atoms with Gasteiger partial charge in [-0.1, -0.05) is 20.8 Å². The van der Waals surface area contributed by atoms with Gasteiger partial charge in [-0.15, -0.1) is 0 Å². The summed E-state index contributed by atoms with van der Waals surface area (Å²) in [6.07, 6.45) is 0.0259. The van der Waals surface area contributed by atoms with Crippen molar-refractivity contribution in [2.24, 2.45) is 17.8 Å². The van der Waals surface area contributed by atoms with Gasteiger partial charge in [0.25, 0.3) is 0 Å². The highest BCUT2D eigenvalue weighted by Gasteiger charge is 2.30. The summed E-state index contributed by atoms with van der Waals surface area (Å²) < 4.78 is 5.36. The van der Waals surface area contributed by atoms with E-state index in [2.05, 4.69) is 19.2 Å². The van der Waals surface area contributed by atoms with Gasteiger partial charge in [0, 0.05) is 0 Å². The molecular formula is C11H21NO2. The fraction of sp³-hybridized carbons (Fsp3) is 0.909. The van der Waals surface area contributed by atoms with E-state index in [-0.39, 0.29) is 18.0 Å². The summed E-state index contributed by atoms with van der Waals surface area (Å²) in [5.74, 6) is 0.864. The van der Waals surface area contributed by atoms with Crippen LogP contribution in [0.4, 0.5) is 0 Å². The predicted octanol–water partition coefficient (Wildman–Crippen LogP) is 1.43. The first kappa shape index (κ1) is 11.5. The minimum Gasteiger partial charge on any atom is -0.462 e. The lowest BCUT2D eigenvalue weighted by atomic mass is 9.89. The van der Waals surface area contributed by atoms with Crippen LogP contribution in [0.5, 0.6) is 0 Å². The van der Waals surface area contributed by atoms with Crippen molar-refractivity contribution in [2.75, 3.05) is 13.1 Å². The van der Waals surface area contributed by atoms with E-state index in [1.54, 1.807) is 0 Å². The first-order valence-electron chi connectivity index (χ1n) is 5.43. The molecular weight excluding hydrogens is 178 g/mol. The minimum atomic E-state index is -0.0438. The van der Waals surface area contributed by atoms with Crippen LogP contribution in [0.1, 0.15) is 27.7 Å². The van der Waals surface area contributed by atoms with Crippen molar-refractivity contribution >= 4 is 5.97 Å². The number of hydrogen-bond acceptors (Lipinski definition) is 3. The Morgan fingerprint density at radius 3 is 2.21 bits per heavy atom.